The standard InChI is InChI=1S/C23H24N2O2S/c26-23(24-22-11-5-4-10-21(22)18-7-2-1-3-8-18)27-19-12-14-25(15-13-19)17-20-9-6-16-28-20/h1-11,16,19H,12-15,17H2,(H,24,26). The topological polar surface area (TPSA) is 41.6 Å². The number of anilines is 1. The zero-order chi connectivity index (χ0) is 19.2. The quantitative estimate of drug-likeness (QED) is 0.612. The molecule has 0 spiro atoms. The third-order valence-electron chi connectivity index (χ3n) is 5.02. The monoisotopic (exact) mass is 392 g/mol. The molecule has 1 aliphatic heterocycles. The number of para-hydroxylation sites is 1. The van der Waals surface area contributed by atoms with Crippen LogP contribution in [-0.2, 0) is 11.3 Å². The number of nitrogens with one attached hydrogen (secondary N) is 1. The molecule has 1 N–H and O–H groups in total. The molecule has 0 unspecified atom stereocenters. The Bertz CT molecular complexity index is 888. The van der Waals surface area contributed by atoms with Gasteiger partial charge in [-0.3, -0.25) is 10.2 Å². The number of hydrogen-bond donors (Lipinski definition) is 1. The van der Waals surface area contributed by atoms with Crippen LogP contribution in [0, 0.1) is 0 Å². The summed E-state index contributed by atoms with van der Waals surface area (Å²) >= 11 is 1.79. The van der Waals surface area contributed by atoms with Crippen molar-refractivity contribution in [3.63, 3.8) is 0 Å². The molecule has 4 rings (SSSR count). The van der Waals surface area contributed by atoms with Crippen molar-refractivity contribution in [2.75, 3.05) is 18.4 Å². The Balaban J connectivity index is 1.31. The fourth-order valence-corrected chi connectivity index (χ4v) is 4.31. The molecule has 1 fully saturated rings. The molecule has 2 aromatic carbocycles. The summed E-state index contributed by atoms with van der Waals surface area (Å²) in [7, 11) is 0. The minimum Gasteiger partial charge on any atom is -0.446 e. The molecule has 0 atom stereocenters. The van der Waals surface area contributed by atoms with E-state index in [2.05, 4.69) is 27.7 Å². The highest BCUT2D eigenvalue weighted by Crippen LogP contribution is 2.28. The second-order valence-electron chi connectivity index (χ2n) is 7.00. The van der Waals surface area contributed by atoms with Gasteiger partial charge in [0.1, 0.15) is 6.10 Å². The Morgan fingerprint density at radius 1 is 1.00 bits per heavy atom. The maximum absolute atomic E-state index is 12.5. The van der Waals surface area contributed by atoms with Crippen LogP contribution in [0.3, 0.4) is 0 Å². The number of carbonyl (C=O) groups is 1. The number of thiophene rings is 1. The van der Waals surface area contributed by atoms with Gasteiger partial charge in [0.15, 0.2) is 0 Å². The summed E-state index contributed by atoms with van der Waals surface area (Å²) in [5.41, 5.74) is 2.83. The van der Waals surface area contributed by atoms with Gasteiger partial charge in [0.2, 0.25) is 0 Å². The normalized spacial score (nSPS) is 15.3. The SMILES string of the molecule is O=C(Nc1ccccc1-c1ccccc1)OC1CCN(Cc2cccs2)CC1. The first-order valence-electron chi connectivity index (χ1n) is 9.65. The van der Waals surface area contributed by atoms with Gasteiger partial charge in [-0.2, -0.15) is 0 Å². The average Bonchev–Trinajstić information content (AvgIpc) is 3.24. The highest BCUT2D eigenvalue weighted by Gasteiger charge is 2.23. The fraction of sp³-hybridized carbons (Fsp3) is 0.261. The van der Waals surface area contributed by atoms with Gasteiger partial charge < -0.3 is 4.74 Å². The Morgan fingerprint density at radius 3 is 2.50 bits per heavy atom. The molecular formula is C23H24N2O2S. The number of hydrogen-bond acceptors (Lipinski definition) is 4. The summed E-state index contributed by atoms with van der Waals surface area (Å²) in [5.74, 6) is 0. The molecule has 1 aromatic heterocycles. The largest absolute Gasteiger partial charge is 0.446 e. The molecule has 1 amide bonds. The zero-order valence-corrected chi connectivity index (χ0v) is 16.5. The molecule has 0 saturated carbocycles. The van der Waals surface area contributed by atoms with Crippen molar-refractivity contribution >= 4 is 23.1 Å². The van der Waals surface area contributed by atoms with Crippen molar-refractivity contribution < 1.29 is 9.53 Å². The molecule has 3 aromatic rings. The third-order valence-corrected chi connectivity index (χ3v) is 5.88. The molecule has 1 aliphatic rings. The Morgan fingerprint density at radius 2 is 1.75 bits per heavy atom. The van der Waals surface area contributed by atoms with Gasteiger partial charge in [0.05, 0.1) is 5.69 Å². The van der Waals surface area contributed by atoms with Crippen molar-refractivity contribution in [1.82, 2.24) is 4.90 Å². The molecule has 5 heteroatoms. The van der Waals surface area contributed by atoms with E-state index in [0.29, 0.717) is 0 Å². The fourth-order valence-electron chi connectivity index (χ4n) is 3.56. The lowest BCUT2D eigenvalue weighted by Crippen LogP contribution is -2.37. The second kappa shape index (κ2) is 9.04. The van der Waals surface area contributed by atoms with Crippen LogP contribution in [0.4, 0.5) is 10.5 Å². The lowest BCUT2D eigenvalue weighted by molar-refractivity contribution is 0.0570. The van der Waals surface area contributed by atoms with E-state index in [1.807, 2.05) is 54.6 Å². The number of carbonyl (C=O) groups excluding carboxylic acids is 1. The van der Waals surface area contributed by atoms with E-state index in [-0.39, 0.29) is 12.2 Å². The van der Waals surface area contributed by atoms with E-state index in [1.54, 1.807) is 11.3 Å². The predicted molar refractivity (Wildman–Crippen MR) is 115 cm³/mol. The first kappa shape index (κ1) is 18.7. The first-order chi connectivity index (χ1) is 13.8. The van der Waals surface area contributed by atoms with Crippen molar-refractivity contribution in [2.45, 2.75) is 25.5 Å². The van der Waals surface area contributed by atoms with Gasteiger partial charge in [-0.25, -0.2) is 4.79 Å². The third kappa shape index (κ3) is 4.80. The van der Waals surface area contributed by atoms with Crippen LogP contribution >= 0.6 is 11.3 Å². The van der Waals surface area contributed by atoms with Gasteiger partial charge in [-0.1, -0.05) is 54.6 Å². The zero-order valence-electron chi connectivity index (χ0n) is 15.7. The minimum absolute atomic E-state index is 0.0246. The Kier molecular flexibility index (Phi) is 6.04. The number of nitrogens with zero attached hydrogens (tertiary/aromatic N) is 1. The molecule has 28 heavy (non-hydrogen) atoms. The van der Waals surface area contributed by atoms with Crippen LogP contribution in [0.15, 0.2) is 72.1 Å². The molecule has 0 bridgehead atoms. The number of piperidine rings is 1. The van der Waals surface area contributed by atoms with Crippen molar-refractivity contribution in [3.05, 3.63) is 77.0 Å². The van der Waals surface area contributed by atoms with Crippen LogP contribution in [0.2, 0.25) is 0 Å². The molecule has 144 valence electrons. The first-order valence-corrected chi connectivity index (χ1v) is 10.5. The van der Waals surface area contributed by atoms with E-state index in [4.69, 9.17) is 4.74 Å². The number of benzene rings is 2. The van der Waals surface area contributed by atoms with Gasteiger partial charge in [-0.15, -0.1) is 11.3 Å². The molecule has 2 heterocycles. The average molecular weight is 393 g/mol. The van der Waals surface area contributed by atoms with E-state index in [9.17, 15) is 4.79 Å². The van der Waals surface area contributed by atoms with E-state index < -0.39 is 0 Å². The molecular weight excluding hydrogens is 368 g/mol. The number of ether oxygens (including phenoxy) is 1. The second-order valence-corrected chi connectivity index (χ2v) is 8.03. The number of likely N-dealkylation sites (tertiary alicyclic amines) is 1. The molecule has 1 saturated heterocycles. The van der Waals surface area contributed by atoms with Crippen LogP contribution < -0.4 is 5.32 Å². The van der Waals surface area contributed by atoms with Gasteiger partial charge in [0.25, 0.3) is 0 Å². The number of rotatable bonds is 5. The van der Waals surface area contributed by atoms with Crippen LogP contribution in [0.25, 0.3) is 11.1 Å². The summed E-state index contributed by atoms with van der Waals surface area (Å²) in [6.07, 6.45) is 1.35. The highest BCUT2D eigenvalue weighted by molar-refractivity contribution is 7.09. The van der Waals surface area contributed by atoms with Crippen molar-refractivity contribution in [1.29, 1.82) is 0 Å². The highest BCUT2D eigenvalue weighted by atomic mass is 32.1. The summed E-state index contributed by atoms with van der Waals surface area (Å²) < 4.78 is 5.70. The lowest BCUT2D eigenvalue weighted by Gasteiger charge is -2.31. The van der Waals surface area contributed by atoms with Gasteiger partial charge >= 0.3 is 6.09 Å². The van der Waals surface area contributed by atoms with Gasteiger partial charge in [0, 0.05) is 30.1 Å². The van der Waals surface area contributed by atoms with Crippen LogP contribution in [0.5, 0.6) is 0 Å². The number of amides is 1. The summed E-state index contributed by atoms with van der Waals surface area (Å²) in [6, 6.07) is 22.1. The lowest BCUT2D eigenvalue weighted by atomic mass is 10.0. The van der Waals surface area contributed by atoms with Crippen LogP contribution in [-0.4, -0.2) is 30.2 Å². The Hall–Kier alpha value is -2.63. The maximum atomic E-state index is 12.5. The molecule has 0 radical (unpaired) electrons. The van der Waals surface area contributed by atoms with Crippen molar-refractivity contribution in [3.8, 4) is 11.1 Å². The van der Waals surface area contributed by atoms with E-state index in [1.165, 1.54) is 4.88 Å². The maximum Gasteiger partial charge on any atom is 0.411 e. The summed E-state index contributed by atoms with van der Waals surface area (Å²) in [5, 5.41) is 5.04. The summed E-state index contributed by atoms with van der Waals surface area (Å²) in [4.78, 5) is 16.3. The van der Waals surface area contributed by atoms with Gasteiger partial charge in [-0.05, 0) is 35.9 Å². The predicted octanol–water partition coefficient (Wildman–Crippen LogP) is 5.63. The Labute approximate surface area is 169 Å². The molecule has 0 aliphatic carbocycles. The molecule has 4 nitrogen and oxygen atoms in total. The summed E-state index contributed by atoms with van der Waals surface area (Å²) in [6.45, 7) is 2.90. The van der Waals surface area contributed by atoms with E-state index >= 15 is 0 Å². The van der Waals surface area contributed by atoms with Crippen LogP contribution in [0.1, 0.15) is 17.7 Å². The van der Waals surface area contributed by atoms with E-state index in [0.717, 1.165) is 49.3 Å². The van der Waals surface area contributed by atoms with Crippen molar-refractivity contribution in [2.24, 2.45) is 0 Å². The smallest absolute Gasteiger partial charge is 0.411 e. The minimum atomic E-state index is -0.375.